The van der Waals surface area contributed by atoms with Gasteiger partial charge in [-0.2, -0.15) is 0 Å². The van der Waals surface area contributed by atoms with Gasteiger partial charge in [0.05, 0.1) is 7.11 Å². The minimum absolute atomic E-state index is 0.0768. The molecule has 0 bridgehead atoms. The molecule has 1 saturated heterocycles. The number of amides is 3. The number of nitrogens with one attached hydrogen (secondary N) is 2. The molecule has 0 saturated carbocycles. The number of ether oxygens (including phenoxy) is 1. The van der Waals surface area contributed by atoms with E-state index in [2.05, 4.69) is 29.2 Å². The molecule has 0 aromatic heterocycles. The fourth-order valence-electron chi connectivity index (χ4n) is 2.84. The van der Waals surface area contributed by atoms with E-state index in [9.17, 15) is 9.59 Å². The van der Waals surface area contributed by atoms with E-state index in [1.54, 1.807) is 24.3 Å². The van der Waals surface area contributed by atoms with Gasteiger partial charge in [0.1, 0.15) is 0 Å². The summed E-state index contributed by atoms with van der Waals surface area (Å²) in [5, 5.41) is 5.45. The lowest BCUT2D eigenvalue weighted by molar-refractivity contribution is 0.156. The van der Waals surface area contributed by atoms with Gasteiger partial charge in [-0.05, 0) is 42.5 Å². The van der Waals surface area contributed by atoms with Gasteiger partial charge in [-0.3, -0.25) is 5.32 Å². The van der Waals surface area contributed by atoms with E-state index in [-0.39, 0.29) is 6.03 Å². The summed E-state index contributed by atoms with van der Waals surface area (Å²) in [7, 11) is 1.31. The summed E-state index contributed by atoms with van der Waals surface area (Å²) < 4.78 is 4.52. The number of hydrogen-bond acceptors (Lipinski definition) is 3. The van der Waals surface area contributed by atoms with Gasteiger partial charge in [-0.25, -0.2) is 9.59 Å². The van der Waals surface area contributed by atoms with Crippen molar-refractivity contribution in [3.8, 4) is 0 Å². The number of likely N-dealkylation sites (tertiary alicyclic amines) is 1. The van der Waals surface area contributed by atoms with Gasteiger partial charge in [0.15, 0.2) is 0 Å². The molecule has 1 aliphatic heterocycles. The average molecular weight is 305 g/mol. The lowest BCUT2D eigenvalue weighted by atomic mass is 9.92. The first-order valence-electron chi connectivity index (χ1n) is 7.49. The van der Waals surface area contributed by atoms with Crippen LogP contribution >= 0.6 is 0 Å². The third-order valence-corrected chi connectivity index (χ3v) is 3.72. The van der Waals surface area contributed by atoms with Crippen LogP contribution in [0.2, 0.25) is 0 Å². The zero-order valence-corrected chi connectivity index (χ0v) is 13.3. The molecule has 6 nitrogen and oxygen atoms in total. The van der Waals surface area contributed by atoms with Gasteiger partial charge in [0, 0.05) is 24.5 Å². The van der Waals surface area contributed by atoms with Crippen molar-refractivity contribution in [3.63, 3.8) is 0 Å². The molecule has 6 heteroatoms. The van der Waals surface area contributed by atoms with E-state index >= 15 is 0 Å². The largest absolute Gasteiger partial charge is 0.453 e. The fraction of sp³-hybridized carbons (Fsp3) is 0.500. The summed E-state index contributed by atoms with van der Waals surface area (Å²) in [6.45, 7) is 5.92. The molecule has 2 N–H and O–H groups in total. The SMILES string of the molecule is COC(=O)Nc1ccc(NC(=O)N2C[C@H](C)C[C@H](C)C2)cc1. The fourth-order valence-corrected chi connectivity index (χ4v) is 2.84. The number of methoxy groups -OCH3 is 1. The maximum Gasteiger partial charge on any atom is 0.411 e. The maximum absolute atomic E-state index is 12.3. The number of rotatable bonds is 2. The van der Waals surface area contributed by atoms with Gasteiger partial charge >= 0.3 is 12.1 Å². The van der Waals surface area contributed by atoms with Gasteiger partial charge in [-0.1, -0.05) is 13.8 Å². The summed E-state index contributed by atoms with van der Waals surface area (Å²) in [4.78, 5) is 25.3. The van der Waals surface area contributed by atoms with Crippen molar-refractivity contribution in [2.24, 2.45) is 11.8 Å². The number of hydrogen-bond donors (Lipinski definition) is 2. The number of carbonyl (C=O) groups excluding carboxylic acids is 2. The standard InChI is InChI=1S/C16H23N3O3/c1-11-8-12(2)10-19(9-11)15(20)17-13-4-6-14(7-5-13)18-16(21)22-3/h4-7,11-12H,8-10H2,1-3H3,(H,17,20)(H,18,21)/t11-,12+. The highest BCUT2D eigenvalue weighted by molar-refractivity contribution is 5.90. The predicted octanol–water partition coefficient (Wildman–Crippen LogP) is 3.37. The summed E-state index contributed by atoms with van der Waals surface area (Å²) in [6.07, 6.45) is 0.644. The van der Waals surface area contributed by atoms with Crippen molar-refractivity contribution < 1.29 is 14.3 Å². The van der Waals surface area contributed by atoms with Crippen molar-refractivity contribution in [1.29, 1.82) is 0 Å². The molecule has 1 heterocycles. The first-order chi connectivity index (χ1) is 10.5. The highest BCUT2D eigenvalue weighted by Gasteiger charge is 2.25. The molecule has 1 aliphatic rings. The number of piperidine rings is 1. The Hall–Kier alpha value is -2.24. The van der Waals surface area contributed by atoms with Crippen molar-refractivity contribution in [3.05, 3.63) is 24.3 Å². The van der Waals surface area contributed by atoms with Gasteiger partial charge < -0.3 is 15.0 Å². The molecule has 2 atom stereocenters. The van der Waals surface area contributed by atoms with Crippen LogP contribution in [0.5, 0.6) is 0 Å². The quantitative estimate of drug-likeness (QED) is 0.880. The molecule has 0 radical (unpaired) electrons. The lowest BCUT2D eigenvalue weighted by Crippen LogP contribution is -2.44. The minimum atomic E-state index is -0.520. The molecule has 22 heavy (non-hydrogen) atoms. The molecular weight excluding hydrogens is 282 g/mol. The zero-order chi connectivity index (χ0) is 16.1. The van der Waals surface area contributed by atoms with Crippen LogP contribution in [-0.2, 0) is 4.74 Å². The minimum Gasteiger partial charge on any atom is -0.453 e. The summed E-state index contributed by atoms with van der Waals surface area (Å²) in [6, 6.07) is 6.86. The van der Waals surface area contributed by atoms with Crippen LogP contribution in [0.1, 0.15) is 20.3 Å². The summed E-state index contributed by atoms with van der Waals surface area (Å²) in [5.41, 5.74) is 1.32. The Morgan fingerprint density at radius 2 is 1.55 bits per heavy atom. The molecule has 120 valence electrons. The molecule has 0 aliphatic carbocycles. The summed E-state index contributed by atoms with van der Waals surface area (Å²) >= 11 is 0. The number of anilines is 2. The Morgan fingerprint density at radius 3 is 2.05 bits per heavy atom. The third kappa shape index (κ3) is 4.38. The second kappa shape index (κ2) is 7.15. The first-order valence-corrected chi connectivity index (χ1v) is 7.49. The van der Waals surface area contributed by atoms with Gasteiger partial charge in [-0.15, -0.1) is 0 Å². The molecule has 1 aromatic carbocycles. The topological polar surface area (TPSA) is 70.7 Å². The molecule has 3 amide bonds. The Bertz CT molecular complexity index is 520. The van der Waals surface area contributed by atoms with E-state index in [1.807, 2.05) is 4.90 Å². The second-order valence-corrected chi connectivity index (χ2v) is 5.98. The smallest absolute Gasteiger partial charge is 0.411 e. The molecule has 0 spiro atoms. The van der Waals surface area contributed by atoms with E-state index in [1.165, 1.54) is 7.11 Å². The Kier molecular flexibility index (Phi) is 5.25. The highest BCUT2D eigenvalue weighted by Crippen LogP contribution is 2.22. The van der Waals surface area contributed by atoms with Gasteiger partial charge in [0.25, 0.3) is 0 Å². The Balaban J connectivity index is 1.92. The third-order valence-electron chi connectivity index (χ3n) is 3.72. The predicted molar refractivity (Wildman–Crippen MR) is 86.0 cm³/mol. The van der Waals surface area contributed by atoms with Crippen molar-refractivity contribution >= 4 is 23.5 Å². The first kappa shape index (κ1) is 16.1. The second-order valence-electron chi connectivity index (χ2n) is 5.98. The van der Waals surface area contributed by atoms with Crippen LogP contribution in [0.25, 0.3) is 0 Å². The number of nitrogens with zero attached hydrogens (tertiary/aromatic N) is 1. The Morgan fingerprint density at radius 1 is 1.05 bits per heavy atom. The molecule has 0 unspecified atom stereocenters. The van der Waals surface area contributed by atoms with Crippen LogP contribution in [0.15, 0.2) is 24.3 Å². The van der Waals surface area contributed by atoms with Crippen LogP contribution in [-0.4, -0.2) is 37.2 Å². The lowest BCUT2D eigenvalue weighted by Gasteiger charge is -2.34. The van der Waals surface area contributed by atoms with Crippen molar-refractivity contribution in [2.45, 2.75) is 20.3 Å². The summed E-state index contributed by atoms with van der Waals surface area (Å²) in [5.74, 6) is 1.06. The molecule has 1 aromatic rings. The Labute approximate surface area is 130 Å². The zero-order valence-electron chi connectivity index (χ0n) is 13.3. The van der Waals surface area contributed by atoms with E-state index in [0.29, 0.717) is 23.2 Å². The van der Waals surface area contributed by atoms with E-state index in [0.717, 1.165) is 19.5 Å². The average Bonchev–Trinajstić information content (AvgIpc) is 2.48. The molecule has 2 rings (SSSR count). The number of benzene rings is 1. The monoisotopic (exact) mass is 305 g/mol. The van der Waals surface area contributed by atoms with Crippen molar-refractivity contribution in [2.75, 3.05) is 30.8 Å². The molecular formula is C16H23N3O3. The van der Waals surface area contributed by atoms with Crippen LogP contribution in [0, 0.1) is 11.8 Å². The highest BCUT2D eigenvalue weighted by atomic mass is 16.5. The van der Waals surface area contributed by atoms with Crippen LogP contribution in [0.4, 0.5) is 21.0 Å². The van der Waals surface area contributed by atoms with Crippen molar-refractivity contribution in [1.82, 2.24) is 4.90 Å². The number of carbonyl (C=O) groups is 2. The van der Waals surface area contributed by atoms with Gasteiger partial charge in [0.2, 0.25) is 0 Å². The maximum atomic E-state index is 12.3. The normalized spacial score (nSPS) is 21.1. The van der Waals surface area contributed by atoms with Crippen LogP contribution < -0.4 is 10.6 Å². The number of urea groups is 1. The van der Waals surface area contributed by atoms with E-state index in [4.69, 9.17) is 0 Å². The van der Waals surface area contributed by atoms with E-state index < -0.39 is 6.09 Å². The van der Waals surface area contributed by atoms with Crippen LogP contribution in [0.3, 0.4) is 0 Å². The molecule has 1 fully saturated rings.